The van der Waals surface area contributed by atoms with Gasteiger partial charge >= 0.3 is 0 Å². The molecule has 2 amide bonds. The van der Waals surface area contributed by atoms with Gasteiger partial charge in [0.05, 0.1) is 23.8 Å². The smallest absolute Gasteiger partial charge is 0.287 e. The summed E-state index contributed by atoms with van der Waals surface area (Å²) in [7, 11) is 0. The lowest BCUT2D eigenvalue weighted by Gasteiger charge is -2.09. The molecule has 2 N–H and O–H groups in total. The Hall–Kier alpha value is -3.09. The number of hydrogen-bond donors (Lipinski definition) is 2. The molecule has 0 unspecified atom stereocenters. The zero-order chi connectivity index (χ0) is 16.9. The predicted octanol–water partition coefficient (Wildman–Crippen LogP) is 1.70. The Kier molecular flexibility index (Phi) is 4.60. The zero-order valence-corrected chi connectivity index (χ0v) is 13.3. The number of nitrogens with one attached hydrogen (secondary N) is 2. The molecule has 7 nitrogen and oxygen atoms in total. The second kappa shape index (κ2) is 6.99. The maximum absolute atomic E-state index is 12.0. The first-order valence-corrected chi connectivity index (χ1v) is 7.71. The molecule has 0 saturated carbocycles. The summed E-state index contributed by atoms with van der Waals surface area (Å²) in [6.07, 6.45) is 1.44. The maximum Gasteiger partial charge on any atom is 0.287 e. The van der Waals surface area contributed by atoms with E-state index in [0.717, 1.165) is 11.0 Å². The van der Waals surface area contributed by atoms with Crippen molar-refractivity contribution in [2.24, 2.45) is 0 Å². The minimum Gasteiger partial charge on any atom is -0.459 e. The number of rotatable bonds is 6. The average Bonchev–Trinajstić information content (AvgIpc) is 3.22. The first-order valence-electron chi connectivity index (χ1n) is 7.71. The van der Waals surface area contributed by atoms with Crippen LogP contribution in [0, 0.1) is 0 Å². The maximum atomic E-state index is 12.0. The number of para-hydroxylation sites is 2. The largest absolute Gasteiger partial charge is 0.459 e. The lowest BCUT2D eigenvalue weighted by Crippen LogP contribution is -2.29. The number of furan rings is 1. The van der Waals surface area contributed by atoms with Crippen LogP contribution in [0.2, 0.25) is 0 Å². The summed E-state index contributed by atoms with van der Waals surface area (Å²) in [5.74, 6) is 0.430. The molecule has 3 aromatic rings. The Morgan fingerprint density at radius 2 is 2.00 bits per heavy atom. The first-order chi connectivity index (χ1) is 11.7. The molecule has 0 aliphatic heterocycles. The van der Waals surface area contributed by atoms with Crippen molar-refractivity contribution >= 4 is 22.8 Å². The molecular weight excluding hydrogens is 308 g/mol. The Morgan fingerprint density at radius 3 is 2.75 bits per heavy atom. The minimum absolute atomic E-state index is 0.0979. The Labute approximate surface area is 138 Å². The SMILES string of the molecule is CCNC(=O)Cn1c(CNC(=O)c2ccco2)nc2ccccc21. The van der Waals surface area contributed by atoms with Crippen molar-refractivity contribution in [1.82, 2.24) is 20.2 Å². The first kappa shape index (κ1) is 15.8. The van der Waals surface area contributed by atoms with E-state index >= 15 is 0 Å². The molecule has 0 aliphatic rings. The van der Waals surface area contributed by atoms with E-state index in [0.29, 0.717) is 12.4 Å². The van der Waals surface area contributed by atoms with Gasteiger partial charge in [-0.15, -0.1) is 0 Å². The number of aromatic nitrogens is 2. The van der Waals surface area contributed by atoms with Crippen LogP contribution in [-0.2, 0) is 17.9 Å². The van der Waals surface area contributed by atoms with Gasteiger partial charge in [-0.3, -0.25) is 9.59 Å². The summed E-state index contributed by atoms with van der Waals surface area (Å²) < 4.78 is 6.87. The van der Waals surface area contributed by atoms with E-state index in [-0.39, 0.29) is 30.7 Å². The Balaban J connectivity index is 1.83. The fourth-order valence-electron chi connectivity index (χ4n) is 2.49. The quantitative estimate of drug-likeness (QED) is 0.721. The van der Waals surface area contributed by atoms with E-state index in [1.165, 1.54) is 6.26 Å². The van der Waals surface area contributed by atoms with Crippen LogP contribution in [-0.4, -0.2) is 27.9 Å². The number of nitrogens with zero attached hydrogens (tertiary/aromatic N) is 2. The van der Waals surface area contributed by atoms with Crippen LogP contribution in [0.3, 0.4) is 0 Å². The normalized spacial score (nSPS) is 10.7. The van der Waals surface area contributed by atoms with E-state index in [4.69, 9.17) is 4.42 Å². The molecule has 124 valence electrons. The second-order valence-electron chi connectivity index (χ2n) is 5.22. The molecule has 0 aliphatic carbocycles. The third-order valence-electron chi connectivity index (χ3n) is 3.56. The van der Waals surface area contributed by atoms with E-state index in [9.17, 15) is 9.59 Å². The van der Waals surface area contributed by atoms with E-state index in [1.807, 2.05) is 35.8 Å². The van der Waals surface area contributed by atoms with Crippen molar-refractivity contribution in [1.29, 1.82) is 0 Å². The summed E-state index contributed by atoms with van der Waals surface area (Å²) in [5.41, 5.74) is 1.63. The van der Waals surface area contributed by atoms with Gasteiger partial charge in [-0.05, 0) is 31.2 Å². The van der Waals surface area contributed by atoms with Gasteiger partial charge in [0, 0.05) is 6.54 Å². The van der Waals surface area contributed by atoms with Crippen molar-refractivity contribution in [2.45, 2.75) is 20.0 Å². The van der Waals surface area contributed by atoms with E-state index in [1.54, 1.807) is 12.1 Å². The summed E-state index contributed by atoms with van der Waals surface area (Å²) in [5, 5.41) is 5.53. The van der Waals surface area contributed by atoms with Crippen LogP contribution in [0.4, 0.5) is 0 Å². The zero-order valence-electron chi connectivity index (χ0n) is 13.3. The van der Waals surface area contributed by atoms with Crippen LogP contribution in [0.1, 0.15) is 23.3 Å². The van der Waals surface area contributed by atoms with Crippen molar-refractivity contribution in [2.75, 3.05) is 6.54 Å². The fourth-order valence-corrected chi connectivity index (χ4v) is 2.49. The van der Waals surface area contributed by atoms with Crippen molar-refractivity contribution < 1.29 is 14.0 Å². The van der Waals surface area contributed by atoms with Crippen molar-refractivity contribution in [3.8, 4) is 0 Å². The molecule has 0 atom stereocenters. The molecule has 7 heteroatoms. The van der Waals surface area contributed by atoms with Crippen LogP contribution in [0.5, 0.6) is 0 Å². The molecule has 24 heavy (non-hydrogen) atoms. The van der Waals surface area contributed by atoms with Gasteiger partial charge in [0.2, 0.25) is 5.91 Å². The number of hydrogen-bond acceptors (Lipinski definition) is 4. The highest BCUT2D eigenvalue weighted by atomic mass is 16.3. The third-order valence-corrected chi connectivity index (χ3v) is 3.56. The summed E-state index contributed by atoms with van der Waals surface area (Å²) >= 11 is 0. The second-order valence-corrected chi connectivity index (χ2v) is 5.22. The van der Waals surface area contributed by atoms with Crippen LogP contribution in [0.15, 0.2) is 47.1 Å². The molecule has 2 heterocycles. The standard InChI is InChI=1S/C17H18N4O3/c1-2-18-16(22)11-21-13-7-4-3-6-12(13)20-15(21)10-19-17(23)14-8-5-9-24-14/h3-9H,2,10-11H2,1H3,(H,18,22)(H,19,23). The molecule has 0 bridgehead atoms. The molecule has 1 aromatic carbocycles. The molecule has 2 aromatic heterocycles. The number of carbonyl (C=O) groups excluding carboxylic acids is 2. The van der Waals surface area contributed by atoms with Gasteiger partial charge in [0.1, 0.15) is 12.4 Å². The molecule has 0 spiro atoms. The predicted molar refractivity (Wildman–Crippen MR) is 88.3 cm³/mol. The number of amides is 2. The van der Waals surface area contributed by atoms with E-state index in [2.05, 4.69) is 15.6 Å². The topological polar surface area (TPSA) is 89.2 Å². The number of benzene rings is 1. The van der Waals surface area contributed by atoms with Gasteiger partial charge < -0.3 is 19.6 Å². The lowest BCUT2D eigenvalue weighted by atomic mass is 10.3. The summed E-state index contributed by atoms with van der Waals surface area (Å²) in [4.78, 5) is 28.5. The van der Waals surface area contributed by atoms with Gasteiger partial charge in [0.15, 0.2) is 5.76 Å². The molecular formula is C17H18N4O3. The summed E-state index contributed by atoms with van der Waals surface area (Å²) in [6, 6.07) is 10.8. The Morgan fingerprint density at radius 1 is 1.17 bits per heavy atom. The van der Waals surface area contributed by atoms with Crippen LogP contribution < -0.4 is 10.6 Å². The molecule has 0 radical (unpaired) electrons. The third kappa shape index (κ3) is 3.29. The van der Waals surface area contributed by atoms with E-state index < -0.39 is 0 Å². The molecule has 0 fully saturated rings. The minimum atomic E-state index is -0.323. The number of fused-ring (bicyclic) bond motifs is 1. The van der Waals surface area contributed by atoms with Gasteiger partial charge in [-0.25, -0.2) is 4.98 Å². The summed E-state index contributed by atoms with van der Waals surface area (Å²) in [6.45, 7) is 2.79. The number of carbonyl (C=O) groups is 2. The molecule has 3 rings (SSSR count). The fraction of sp³-hybridized carbons (Fsp3) is 0.235. The van der Waals surface area contributed by atoms with Gasteiger partial charge in [-0.2, -0.15) is 0 Å². The highest BCUT2D eigenvalue weighted by Crippen LogP contribution is 2.16. The highest BCUT2D eigenvalue weighted by Gasteiger charge is 2.15. The van der Waals surface area contributed by atoms with Crippen molar-refractivity contribution in [3.63, 3.8) is 0 Å². The Bertz CT molecular complexity index is 852. The van der Waals surface area contributed by atoms with Crippen LogP contribution in [0.25, 0.3) is 11.0 Å². The van der Waals surface area contributed by atoms with Gasteiger partial charge in [0.25, 0.3) is 5.91 Å². The average molecular weight is 326 g/mol. The van der Waals surface area contributed by atoms with Crippen LogP contribution >= 0.6 is 0 Å². The number of imidazole rings is 1. The lowest BCUT2D eigenvalue weighted by molar-refractivity contribution is -0.121. The van der Waals surface area contributed by atoms with Crippen molar-refractivity contribution in [3.05, 3.63) is 54.2 Å². The highest BCUT2D eigenvalue weighted by molar-refractivity contribution is 5.91. The molecule has 0 saturated heterocycles. The number of likely N-dealkylation sites (N-methyl/N-ethyl adjacent to an activating group) is 1. The van der Waals surface area contributed by atoms with Gasteiger partial charge in [-0.1, -0.05) is 12.1 Å². The monoisotopic (exact) mass is 326 g/mol.